The van der Waals surface area contributed by atoms with Gasteiger partial charge in [-0.2, -0.15) is 5.10 Å². The molecule has 3 aromatic rings. The van der Waals surface area contributed by atoms with Crippen LogP contribution in [-0.2, 0) is 6.54 Å². The number of para-hydroxylation sites is 1. The first-order valence-electron chi connectivity index (χ1n) is 10.1. The second kappa shape index (κ2) is 11.0. The van der Waals surface area contributed by atoms with Crippen LogP contribution in [0.2, 0.25) is 0 Å². The van der Waals surface area contributed by atoms with E-state index in [4.69, 9.17) is 4.99 Å². The highest BCUT2D eigenvalue weighted by Gasteiger charge is 2.19. The molecule has 0 radical (unpaired) electrons. The predicted molar refractivity (Wildman–Crippen MR) is 132 cm³/mol. The SMILES string of the molecule is CCNC(=NCc1cccc(-c2ncn[nH]2)c1)N1CCN(c2ccccc2)CC1.I. The Morgan fingerprint density at radius 1 is 1.07 bits per heavy atom. The summed E-state index contributed by atoms with van der Waals surface area (Å²) in [5.74, 6) is 1.75. The van der Waals surface area contributed by atoms with Gasteiger partial charge in [-0.1, -0.05) is 36.4 Å². The molecule has 0 saturated carbocycles. The third-order valence-electron chi connectivity index (χ3n) is 5.06. The van der Waals surface area contributed by atoms with E-state index in [9.17, 15) is 0 Å². The molecule has 158 valence electrons. The molecule has 30 heavy (non-hydrogen) atoms. The number of aliphatic imine (C=N–C) groups is 1. The Morgan fingerprint density at radius 3 is 2.57 bits per heavy atom. The molecule has 1 aromatic heterocycles. The van der Waals surface area contributed by atoms with Crippen molar-refractivity contribution >= 4 is 35.6 Å². The standard InChI is InChI=1S/C22H27N7.HI/c1-2-23-22(29-13-11-28(12-14-29)20-9-4-3-5-10-20)24-16-18-7-6-8-19(15-18)21-25-17-26-27-21;/h3-10,15,17H,2,11-14,16H2,1H3,(H,23,24)(H,25,26,27);1H. The summed E-state index contributed by atoms with van der Waals surface area (Å²) in [7, 11) is 0. The molecule has 1 aliphatic heterocycles. The first-order chi connectivity index (χ1) is 14.3. The number of aromatic nitrogens is 3. The number of halogens is 1. The van der Waals surface area contributed by atoms with E-state index in [-0.39, 0.29) is 24.0 Å². The zero-order valence-electron chi connectivity index (χ0n) is 17.2. The van der Waals surface area contributed by atoms with Crippen LogP contribution in [-0.4, -0.2) is 58.8 Å². The summed E-state index contributed by atoms with van der Waals surface area (Å²) < 4.78 is 0. The van der Waals surface area contributed by atoms with Gasteiger partial charge in [0.25, 0.3) is 0 Å². The van der Waals surface area contributed by atoms with E-state index in [1.54, 1.807) is 0 Å². The van der Waals surface area contributed by atoms with Gasteiger partial charge in [-0.15, -0.1) is 24.0 Å². The van der Waals surface area contributed by atoms with Gasteiger partial charge in [0.05, 0.1) is 6.54 Å². The Labute approximate surface area is 194 Å². The quantitative estimate of drug-likeness (QED) is 0.309. The third-order valence-corrected chi connectivity index (χ3v) is 5.06. The Kier molecular flexibility index (Phi) is 8.06. The topological polar surface area (TPSA) is 72.4 Å². The minimum absolute atomic E-state index is 0. The molecule has 2 aromatic carbocycles. The van der Waals surface area contributed by atoms with Crippen LogP contribution in [0.4, 0.5) is 5.69 Å². The maximum absolute atomic E-state index is 4.89. The summed E-state index contributed by atoms with van der Waals surface area (Å²) in [5.41, 5.74) is 3.47. The smallest absolute Gasteiger partial charge is 0.194 e. The number of hydrogen-bond acceptors (Lipinski definition) is 4. The molecular formula is C22H28IN7. The van der Waals surface area contributed by atoms with E-state index in [1.807, 2.05) is 12.1 Å². The Morgan fingerprint density at radius 2 is 1.87 bits per heavy atom. The van der Waals surface area contributed by atoms with Gasteiger partial charge in [0, 0.05) is 44.0 Å². The highest BCUT2D eigenvalue weighted by molar-refractivity contribution is 14.0. The van der Waals surface area contributed by atoms with Gasteiger partial charge < -0.3 is 15.1 Å². The lowest BCUT2D eigenvalue weighted by molar-refractivity contribution is 0.372. The number of nitrogens with one attached hydrogen (secondary N) is 2. The number of aromatic amines is 1. The number of H-pyrrole nitrogens is 1. The number of piperazine rings is 1. The Bertz CT molecular complexity index is 920. The molecule has 4 rings (SSSR count). The normalized spacial score (nSPS) is 14.4. The number of rotatable bonds is 5. The van der Waals surface area contributed by atoms with Crippen molar-refractivity contribution in [2.45, 2.75) is 13.5 Å². The Balaban J connectivity index is 0.00000256. The molecule has 2 N–H and O–H groups in total. The fourth-order valence-electron chi connectivity index (χ4n) is 3.57. The minimum Gasteiger partial charge on any atom is -0.368 e. The molecule has 0 amide bonds. The van der Waals surface area contributed by atoms with Crippen LogP contribution in [0.3, 0.4) is 0 Å². The maximum atomic E-state index is 4.89. The van der Waals surface area contributed by atoms with Gasteiger partial charge in [-0.05, 0) is 30.7 Å². The molecule has 0 bridgehead atoms. The second-order valence-corrected chi connectivity index (χ2v) is 7.01. The number of anilines is 1. The summed E-state index contributed by atoms with van der Waals surface area (Å²) in [6.07, 6.45) is 1.53. The molecule has 7 nitrogen and oxygen atoms in total. The van der Waals surface area contributed by atoms with Crippen molar-refractivity contribution in [1.82, 2.24) is 25.4 Å². The molecule has 0 unspecified atom stereocenters. The summed E-state index contributed by atoms with van der Waals surface area (Å²) in [6.45, 7) is 7.50. The molecule has 1 saturated heterocycles. The van der Waals surface area contributed by atoms with E-state index in [0.717, 1.165) is 55.6 Å². The van der Waals surface area contributed by atoms with E-state index >= 15 is 0 Å². The van der Waals surface area contributed by atoms with Crippen LogP contribution in [0.1, 0.15) is 12.5 Å². The van der Waals surface area contributed by atoms with E-state index < -0.39 is 0 Å². The number of guanidine groups is 1. The van der Waals surface area contributed by atoms with Crippen molar-refractivity contribution in [1.29, 1.82) is 0 Å². The summed E-state index contributed by atoms with van der Waals surface area (Å²) >= 11 is 0. The predicted octanol–water partition coefficient (Wildman–Crippen LogP) is 3.38. The Hall–Kier alpha value is -2.62. The second-order valence-electron chi connectivity index (χ2n) is 7.01. The van der Waals surface area contributed by atoms with Gasteiger partial charge in [0.2, 0.25) is 0 Å². The van der Waals surface area contributed by atoms with Crippen molar-refractivity contribution in [2.75, 3.05) is 37.6 Å². The van der Waals surface area contributed by atoms with Crippen LogP contribution in [0, 0.1) is 0 Å². The molecule has 0 atom stereocenters. The highest BCUT2D eigenvalue weighted by atomic mass is 127. The van der Waals surface area contributed by atoms with Crippen molar-refractivity contribution in [3.8, 4) is 11.4 Å². The van der Waals surface area contributed by atoms with Crippen molar-refractivity contribution in [3.63, 3.8) is 0 Å². The number of hydrogen-bond donors (Lipinski definition) is 2. The van der Waals surface area contributed by atoms with Gasteiger partial charge in [0.1, 0.15) is 6.33 Å². The summed E-state index contributed by atoms with van der Waals surface area (Å²) in [6, 6.07) is 18.9. The lowest BCUT2D eigenvalue weighted by Gasteiger charge is -2.37. The van der Waals surface area contributed by atoms with Gasteiger partial charge in [-0.3, -0.25) is 5.10 Å². The zero-order chi connectivity index (χ0) is 19.9. The van der Waals surface area contributed by atoms with Crippen LogP contribution < -0.4 is 10.2 Å². The average Bonchev–Trinajstić information content (AvgIpc) is 3.33. The van der Waals surface area contributed by atoms with Crippen molar-refractivity contribution in [3.05, 3.63) is 66.5 Å². The zero-order valence-corrected chi connectivity index (χ0v) is 19.5. The minimum atomic E-state index is 0. The van der Waals surface area contributed by atoms with Crippen LogP contribution in [0.5, 0.6) is 0 Å². The lowest BCUT2D eigenvalue weighted by atomic mass is 10.1. The van der Waals surface area contributed by atoms with Gasteiger partial charge >= 0.3 is 0 Å². The van der Waals surface area contributed by atoms with E-state index in [0.29, 0.717) is 6.54 Å². The third kappa shape index (κ3) is 5.50. The molecule has 8 heteroatoms. The van der Waals surface area contributed by atoms with E-state index in [1.165, 1.54) is 12.0 Å². The van der Waals surface area contributed by atoms with Gasteiger partial charge in [0.15, 0.2) is 11.8 Å². The lowest BCUT2D eigenvalue weighted by Crippen LogP contribution is -2.52. The first kappa shape index (κ1) is 22.1. The van der Waals surface area contributed by atoms with Crippen LogP contribution >= 0.6 is 24.0 Å². The van der Waals surface area contributed by atoms with Crippen LogP contribution in [0.15, 0.2) is 65.9 Å². The first-order valence-corrected chi connectivity index (χ1v) is 10.1. The largest absolute Gasteiger partial charge is 0.368 e. The summed E-state index contributed by atoms with van der Waals surface area (Å²) in [4.78, 5) is 13.9. The molecule has 2 heterocycles. The maximum Gasteiger partial charge on any atom is 0.194 e. The average molecular weight is 517 g/mol. The molecule has 1 aliphatic rings. The molecule has 1 fully saturated rings. The van der Waals surface area contributed by atoms with Crippen LogP contribution in [0.25, 0.3) is 11.4 Å². The van der Waals surface area contributed by atoms with E-state index in [2.05, 4.69) is 79.7 Å². The number of benzene rings is 2. The fraction of sp³-hybridized carbons (Fsp3) is 0.318. The molecule has 0 aliphatic carbocycles. The summed E-state index contributed by atoms with van der Waals surface area (Å²) in [5, 5.41) is 10.3. The molecular weight excluding hydrogens is 489 g/mol. The number of nitrogens with zero attached hydrogens (tertiary/aromatic N) is 5. The monoisotopic (exact) mass is 517 g/mol. The fourth-order valence-corrected chi connectivity index (χ4v) is 3.57. The van der Waals surface area contributed by atoms with Crippen molar-refractivity contribution in [2.24, 2.45) is 4.99 Å². The molecule has 0 spiro atoms. The highest BCUT2D eigenvalue weighted by Crippen LogP contribution is 2.17. The van der Waals surface area contributed by atoms with Gasteiger partial charge in [-0.25, -0.2) is 9.98 Å². The van der Waals surface area contributed by atoms with Crippen molar-refractivity contribution < 1.29 is 0 Å².